The Morgan fingerprint density at radius 1 is 1.19 bits per heavy atom. The summed E-state index contributed by atoms with van der Waals surface area (Å²) < 4.78 is 5.39. The number of aliphatic hydroxyl groups is 1. The van der Waals surface area contributed by atoms with Gasteiger partial charge in [-0.2, -0.15) is 5.10 Å². The SMILES string of the molecule is O=C(c1n[nH]c2ccccc12)N1CCCC(O)(CN2CCOCC2)CC1. The third kappa shape index (κ3) is 3.60. The number of nitrogens with one attached hydrogen (secondary N) is 1. The third-order valence-electron chi connectivity index (χ3n) is 5.50. The molecule has 4 rings (SSSR count). The van der Waals surface area contributed by atoms with Crippen LogP contribution in [-0.2, 0) is 4.74 Å². The standard InChI is InChI=1S/C19H26N4O3/c24-18(17-15-4-1-2-5-16(15)20-21-17)23-8-3-6-19(25,7-9-23)14-22-10-12-26-13-11-22/h1-2,4-5,25H,3,6-14H2,(H,20,21). The molecule has 1 aromatic carbocycles. The normalized spacial score (nSPS) is 25.3. The number of morpholine rings is 1. The van der Waals surface area contributed by atoms with E-state index in [9.17, 15) is 9.90 Å². The summed E-state index contributed by atoms with van der Waals surface area (Å²) in [5.74, 6) is -0.0573. The van der Waals surface area contributed by atoms with Crippen molar-refractivity contribution in [3.05, 3.63) is 30.0 Å². The zero-order valence-electron chi connectivity index (χ0n) is 15.0. The zero-order valence-corrected chi connectivity index (χ0v) is 15.0. The molecule has 0 radical (unpaired) electrons. The smallest absolute Gasteiger partial charge is 0.274 e. The fourth-order valence-electron chi connectivity index (χ4n) is 3.99. The van der Waals surface area contributed by atoms with Gasteiger partial charge in [0, 0.05) is 38.1 Å². The van der Waals surface area contributed by atoms with Crippen molar-refractivity contribution in [2.24, 2.45) is 0 Å². The van der Waals surface area contributed by atoms with Gasteiger partial charge in [-0.1, -0.05) is 18.2 Å². The first kappa shape index (κ1) is 17.5. The van der Waals surface area contributed by atoms with E-state index in [1.165, 1.54) is 0 Å². The van der Waals surface area contributed by atoms with E-state index in [2.05, 4.69) is 15.1 Å². The maximum Gasteiger partial charge on any atom is 0.274 e. The number of rotatable bonds is 3. The lowest BCUT2D eigenvalue weighted by atomic mass is 9.94. The van der Waals surface area contributed by atoms with E-state index in [0.29, 0.717) is 31.7 Å². The molecule has 2 aliphatic heterocycles. The molecule has 1 aromatic heterocycles. The Morgan fingerprint density at radius 2 is 2.00 bits per heavy atom. The predicted molar refractivity (Wildman–Crippen MR) is 98.1 cm³/mol. The van der Waals surface area contributed by atoms with E-state index in [1.807, 2.05) is 29.2 Å². The summed E-state index contributed by atoms with van der Waals surface area (Å²) in [5, 5.41) is 19.1. The summed E-state index contributed by atoms with van der Waals surface area (Å²) >= 11 is 0. The van der Waals surface area contributed by atoms with E-state index in [0.717, 1.165) is 50.0 Å². The Labute approximate surface area is 152 Å². The van der Waals surface area contributed by atoms with Crippen molar-refractivity contribution in [2.75, 3.05) is 45.9 Å². The number of β-amino-alcohol motifs (C(OH)–C–C–N with tert-alkyl or cyclic N) is 1. The number of nitrogens with zero attached hydrogens (tertiary/aromatic N) is 3. The number of ether oxygens (including phenoxy) is 1. The summed E-state index contributed by atoms with van der Waals surface area (Å²) in [6.07, 6.45) is 2.11. The monoisotopic (exact) mass is 358 g/mol. The van der Waals surface area contributed by atoms with Crippen molar-refractivity contribution in [3.8, 4) is 0 Å². The van der Waals surface area contributed by atoms with Crippen LogP contribution in [0.5, 0.6) is 0 Å². The van der Waals surface area contributed by atoms with Crippen LogP contribution in [0.15, 0.2) is 24.3 Å². The van der Waals surface area contributed by atoms with Crippen LogP contribution in [0.3, 0.4) is 0 Å². The number of likely N-dealkylation sites (tertiary alicyclic amines) is 1. The van der Waals surface area contributed by atoms with E-state index < -0.39 is 5.60 Å². The average molecular weight is 358 g/mol. The Balaban J connectivity index is 1.43. The molecule has 1 unspecified atom stereocenters. The highest BCUT2D eigenvalue weighted by atomic mass is 16.5. The number of fused-ring (bicyclic) bond motifs is 1. The van der Waals surface area contributed by atoms with Crippen LogP contribution in [0.4, 0.5) is 0 Å². The second kappa shape index (κ2) is 7.34. The highest BCUT2D eigenvalue weighted by Gasteiger charge is 2.34. The first-order valence-corrected chi connectivity index (χ1v) is 9.40. The van der Waals surface area contributed by atoms with Gasteiger partial charge in [0.15, 0.2) is 5.69 Å². The number of aromatic amines is 1. The molecule has 7 heteroatoms. The number of para-hydroxylation sites is 1. The molecule has 26 heavy (non-hydrogen) atoms. The van der Waals surface area contributed by atoms with E-state index in [1.54, 1.807) is 0 Å². The first-order valence-electron chi connectivity index (χ1n) is 9.40. The average Bonchev–Trinajstić information content (AvgIpc) is 2.99. The van der Waals surface area contributed by atoms with Crippen LogP contribution in [0.2, 0.25) is 0 Å². The molecular weight excluding hydrogens is 332 g/mol. The largest absolute Gasteiger partial charge is 0.388 e. The quantitative estimate of drug-likeness (QED) is 0.863. The lowest BCUT2D eigenvalue weighted by Crippen LogP contribution is -2.48. The van der Waals surface area contributed by atoms with Gasteiger partial charge in [0.25, 0.3) is 5.91 Å². The van der Waals surface area contributed by atoms with Crippen LogP contribution >= 0.6 is 0 Å². The Hall–Kier alpha value is -1.96. The van der Waals surface area contributed by atoms with Crippen molar-refractivity contribution in [1.29, 1.82) is 0 Å². The fourth-order valence-corrected chi connectivity index (χ4v) is 3.99. The maximum absolute atomic E-state index is 13.0. The molecule has 2 aromatic rings. The van der Waals surface area contributed by atoms with Crippen LogP contribution in [-0.4, -0.2) is 82.5 Å². The van der Waals surface area contributed by atoms with Crippen molar-refractivity contribution in [2.45, 2.75) is 24.9 Å². The molecule has 2 aliphatic rings. The van der Waals surface area contributed by atoms with Gasteiger partial charge in [-0.05, 0) is 25.3 Å². The molecule has 0 saturated carbocycles. The third-order valence-corrected chi connectivity index (χ3v) is 5.50. The van der Waals surface area contributed by atoms with E-state index in [-0.39, 0.29) is 5.91 Å². The molecule has 0 bridgehead atoms. The van der Waals surface area contributed by atoms with Crippen molar-refractivity contribution in [1.82, 2.24) is 20.0 Å². The van der Waals surface area contributed by atoms with E-state index >= 15 is 0 Å². The van der Waals surface area contributed by atoms with Crippen LogP contribution in [0.1, 0.15) is 29.8 Å². The number of amides is 1. The Bertz CT molecular complexity index is 771. The molecule has 3 heterocycles. The van der Waals surface area contributed by atoms with Gasteiger partial charge >= 0.3 is 0 Å². The molecule has 0 spiro atoms. The predicted octanol–water partition coefficient (Wildman–Crippen LogP) is 1.25. The molecule has 2 saturated heterocycles. The topological polar surface area (TPSA) is 81.7 Å². The maximum atomic E-state index is 13.0. The van der Waals surface area contributed by atoms with Crippen molar-refractivity contribution >= 4 is 16.8 Å². The highest BCUT2D eigenvalue weighted by Crippen LogP contribution is 2.26. The fraction of sp³-hybridized carbons (Fsp3) is 0.579. The second-order valence-corrected chi connectivity index (χ2v) is 7.38. The van der Waals surface area contributed by atoms with Crippen LogP contribution in [0.25, 0.3) is 10.9 Å². The van der Waals surface area contributed by atoms with Gasteiger partial charge in [0.1, 0.15) is 0 Å². The number of aromatic nitrogens is 2. The number of hydrogen-bond donors (Lipinski definition) is 2. The lowest BCUT2D eigenvalue weighted by molar-refractivity contribution is -0.0389. The molecule has 1 atom stereocenters. The zero-order chi connectivity index (χ0) is 18.0. The number of carbonyl (C=O) groups excluding carboxylic acids is 1. The van der Waals surface area contributed by atoms with Gasteiger partial charge in [-0.15, -0.1) is 0 Å². The molecule has 0 aliphatic carbocycles. The summed E-state index contributed by atoms with van der Waals surface area (Å²) in [7, 11) is 0. The van der Waals surface area contributed by atoms with Gasteiger partial charge in [0.2, 0.25) is 0 Å². The number of carbonyl (C=O) groups is 1. The Kier molecular flexibility index (Phi) is 4.93. The van der Waals surface area contributed by atoms with Crippen molar-refractivity contribution in [3.63, 3.8) is 0 Å². The van der Waals surface area contributed by atoms with Gasteiger partial charge in [-0.25, -0.2) is 0 Å². The molecule has 2 N–H and O–H groups in total. The first-order chi connectivity index (χ1) is 12.6. The van der Waals surface area contributed by atoms with Gasteiger partial charge in [0.05, 0.1) is 24.3 Å². The number of benzene rings is 1. The highest BCUT2D eigenvalue weighted by molar-refractivity contribution is 6.04. The van der Waals surface area contributed by atoms with E-state index in [4.69, 9.17) is 4.74 Å². The summed E-state index contributed by atoms with van der Waals surface area (Å²) in [5.41, 5.74) is 0.605. The van der Waals surface area contributed by atoms with Crippen LogP contribution in [0, 0.1) is 0 Å². The summed E-state index contributed by atoms with van der Waals surface area (Å²) in [4.78, 5) is 17.1. The summed E-state index contributed by atoms with van der Waals surface area (Å²) in [6, 6.07) is 7.67. The van der Waals surface area contributed by atoms with Crippen molar-refractivity contribution < 1.29 is 14.6 Å². The van der Waals surface area contributed by atoms with Gasteiger partial charge in [-0.3, -0.25) is 14.8 Å². The minimum absolute atomic E-state index is 0.0573. The lowest BCUT2D eigenvalue weighted by Gasteiger charge is -2.35. The Morgan fingerprint density at radius 3 is 2.85 bits per heavy atom. The molecule has 140 valence electrons. The summed E-state index contributed by atoms with van der Waals surface area (Å²) in [6.45, 7) is 5.06. The second-order valence-electron chi connectivity index (χ2n) is 7.38. The van der Waals surface area contributed by atoms with Crippen LogP contribution < -0.4 is 0 Å². The minimum Gasteiger partial charge on any atom is -0.388 e. The molecular formula is C19H26N4O3. The molecule has 7 nitrogen and oxygen atoms in total. The molecule has 2 fully saturated rings. The minimum atomic E-state index is -0.736. The number of H-pyrrole nitrogens is 1. The number of hydrogen-bond acceptors (Lipinski definition) is 5. The molecule has 1 amide bonds. The van der Waals surface area contributed by atoms with Gasteiger partial charge < -0.3 is 14.7 Å².